The minimum absolute atomic E-state index is 0.245. The van der Waals surface area contributed by atoms with E-state index >= 15 is 0 Å². The molecular weight excluding hydrogens is 462 g/mol. The predicted octanol–water partition coefficient (Wildman–Crippen LogP) is 4.64. The third-order valence-electron chi connectivity index (χ3n) is 6.64. The normalized spacial score (nSPS) is 15.3. The largest absolute Gasteiger partial charge is 0.452 e. The third kappa shape index (κ3) is 4.55. The van der Waals surface area contributed by atoms with Crippen LogP contribution in [0, 0.1) is 19.8 Å². The molecule has 3 aromatic heterocycles. The van der Waals surface area contributed by atoms with Crippen LogP contribution in [0.4, 0.5) is 11.5 Å². The highest BCUT2D eigenvalue weighted by Gasteiger charge is 2.30. The van der Waals surface area contributed by atoms with Crippen LogP contribution in [-0.4, -0.2) is 46.0 Å². The monoisotopic (exact) mass is 489 g/mol. The minimum Gasteiger partial charge on any atom is -0.452 e. The maximum atomic E-state index is 12.8. The molecule has 1 saturated heterocycles. The van der Waals surface area contributed by atoms with Crippen molar-refractivity contribution in [3.05, 3.63) is 53.3 Å². The smallest absolute Gasteiger partial charge is 0.309 e. The second-order valence-corrected chi connectivity index (χ2v) is 10.1. The SMILES string of the molecule is Cc1sc2ncnc(N3CCC(C(=O)OC(C)C(=O)Nc4cccc5ncccc45)CC3)c2c1C. The molecule has 4 aromatic rings. The number of carbonyl (C=O) groups is 2. The molecule has 1 aromatic carbocycles. The van der Waals surface area contributed by atoms with Gasteiger partial charge < -0.3 is 15.0 Å². The lowest BCUT2D eigenvalue weighted by molar-refractivity contribution is -0.157. The third-order valence-corrected chi connectivity index (χ3v) is 7.75. The fraction of sp³-hybridized carbons (Fsp3) is 0.346. The van der Waals surface area contributed by atoms with E-state index in [0.29, 0.717) is 31.6 Å². The van der Waals surface area contributed by atoms with Crippen LogP contribution in [0.2, 0.25) is 0 Å². The summed E-state index contributed by atoms with van der Waals surface area (Å²) in [5.74, 6) is -0.00650. The number of hydrogen-bond acceptors (Lipinski definition) is 8. The number of aromatic nitrogens is 3. The number of pyridine rings is 1. The van der Waals surface area contributed by atoms with Crippen LogP contribution in [0.15, 0.2) is 42.9 Å². The van der Waals surface area contributed by atoms with Gasteiger partial charge in [0, 0.05) is 29.5 Å². The number of rotatable bonds is 5. The molecular formula is C26H27N5O3S. The van der Waals surface area contributed by atoms with Crippen LogP contribution < -0.4 is 10.2 Å². The molecule has 0 radical (unpaired) electrons. The second-order valence-electron chi connectivity index (χ2n) is 8.87. The molecule has 0 spiro atoms. The van der Waals surface area contributed by atoms with E-state index in [-0.39, 0.29) is 17.8 Å². The summed E-state index contributed by atoms with van der Waals surface area (Å²) in [4.78, 5) is 43.3. The van der Waals surface area contributed by atoms with Gasteiger partial charge in [-0.05, 0) is 63.4 Å². The van der Waals surface area contributed by atoms with Gasteiger partial charge in [0.25, 0.3) is 5.91 Å². The summed E-state index contributed by atoms with van der Waals surface area (Å²) in [5.41, 5.74) is 2.64. The molecule has 1 aliphatic rings. The summed E-state index contributed by atoms with van der Waals surface area (Å²) < 4.78 is 5.56. The van der Waals surface area contributed by atoms with Crippen molar-refractivity contribution in [2.75, 3.05) is 23.3 Å². The zero-order valence-corrected chi connectivity index (χ0v) is 20.8. The minimum atomic E-state index is -0.898. The maximum absolute atomic E-state index is 12.8. The number of esters is 1. The Balaban J connectivity index is 1.20. The van der Waals surface area contributed by atoms with E-state index in [4.69, 9.17) is 4.74 Å². The highest BCUT2D eigenvalue weighted by Crippen LogP contribution is 2.35. The van der Waals surface area contributed by atoms with Crippen molar-refractivity contribution in [1.82, 2.24) is 15.0 Å². The molecule has 0 bridgehead atoms. The zero-order chi connectivity index (χ0) is 24.5. The Morgan fingerprint density at radius 1 is 1.11 bits per heavy atom. The van der Waals surface area contributed by atoms with Gasteiger partial charge >= 0.3 is 5.97 Å². The van der Waals surface area contributed by atoms with Gasteiger partial charge in [0.05, 0.1) is 22.5 Å². The van der Waals surface area contributed by atoms with Gasteiger partial charge in [-0.25, -0.2) is 9.97 Å². The van der Waals surface area contributed by atoms with E-state index in [9.17, 15) is 9.59 Å². The summed E-state index contributed by atoms with van der Waals surface area (Å²) in [7, 11) is 0. The quantitative estimate of drug-likeness (QED) is 0.408. The Morgan fingerprint density at radius 3 is 2.71 bits per heavy atom. The number of carbonyl (C=O) groups excluding carboxylic acids is 2. The van der Waals surface area contributed by atoms with Crippen molar-refractivity contribution < 1.29 is 14.3 Å². The molecule has 1 unspecified atom stereocenters. The fourth-order valence-electron chi connectivity index (χ4n) is 4.50. The maximum Gasteiger partial charge on any atom is 0.309 e. The van der Waals surface area contributed by atoms with Crippen molar-refractivity contribution >= 4 is 55.8 Å². The second kappa shape index (κ2) is 9.58. The van der Waals surface area contributed by atoms with Crippen molar-refractivity contribution in [3.63, 3.8) is 0 Å². The molecule has 35 heavy (non-hydrogen) atoms. The number of thiophene rings is 1. The standard InChI is InChI=1S/C26H27N5O3S/c1-15-17(3)35-25-22(15)23(28-14-29-25)31-12-9-18(10-13-31)26(33)34-16(2)24(32)30-21-8-4-7-20-19(21)6-5-11-27-20/h4-8,11,14,16,18H,9-10,12-13H2,1-3H3,(H,30,32). The molecule has 9 heteroatoms. The number of ether oxygens (including phenoxy) is 1. The molecule has 0 aliphatic carbocycles. The number of hydrogen-bond donors (Lipinski definition) is 1. The Kier molecular flexibility index (Phi) is 6.34. The number of nitrogens with zero attached hydrogens (tertiary/aromatic N) is 4. The first kappa shape index (κ1) is 23.2. The van der Waals surface area contributed by atoms with Gasteiger partial charge in [-0.15, -0.1) is 11.3 Å². The predicted molar refractivity (Wildman–Crippen MR) is 138 cm³/mol. The van der Waals surface area contributed by atoms with E-state index < -0.39 is 6.10 Å². The Morgan fingerprint density at radius 2 is 1.91 bits per heavy atom. The molecule has 1 amide bonds. The summed E-state index contributed by atoms with van der Waals surface area (Å²) in [6, 6.07) is 9.24. The molecule has 180 valence electrons. The lowest BCUT2D eigenvalue weighted by Gasteiger charge is -2.32. The van der Waals surface area contributed by atoms with Crippen molar-refractivity contribution in [1.29, 1.82) is 0 Å². The summed E-state index contributed by atoms with van der Waals surface area (Å²) in [6.07, 6.45) is 3.72. The number of nitrogens with one attached hydrogen (secondary N) is 1. The molecule has 1 atom stereocenters. The van der Waals surface area contributed by atoms with Crippen molar-refractivity contribution in [2.24, 2.45) is 5.92 Å². The van der Waals surface area contributed by atoms with E-state index in [1.54, 1.807) is 30.8 Å². The number of piperidine rings is 1. The number of aryl methyl sites for hydroxylation is 2. The Labute approximate surface area is 207 Å². The van der Waals surface area contributed by atoms with Crippen molar-refractivity contribution in [3.8, 4) is 0 Å². The highest BCUT2D eigenvalue weighted by molar-refractivity contribution is 7.18. The fourth-order valence-corrected chi connectivity index (χ4v) is 5.49. The first-order valence-corrected chi connectivity index (χ1v) is 12.5. The van der Waals surface area contributed by atoms with Crippen LogP contribution in [0.1, 0.15) is 30.2 Å². The number of benzene rings is 1. The number of fused-ring (bicyclic) bond motifs is 2. The topological polar surface area (TPSA) is 97.3 Å². The first-order chi connectivity index (χ1) is 16.9. The highest BCUT2D eigenvalue weighted by atomic mass is 32.1. The lowest BCUT2D eigenvalue weighted by Crippen LogP contribution is -2.39. The van der Waals surface area contributed by atoms with Crippen LogP contribution in [0.5, 0.6) is 0 Å². The summed E-state index contributed by atoms with van der Waals surface area (Å²) >= 11 is 1.68. The lowest BCUT2D eigenvalue weighted by atomic mass is 9.96. The van der Waals surface area contributed by atoms with Crippen LogP contribution >= 0.6 is 11.3 Å². The molecule has 4 heterocycles. The molecule has 1 N–H and O–H groups in total. The molecule has 8 nitrogen and oxygen atoms in total. The first-order valence-electron chi connectivity index (χ1n) is 11.7. The van der Waals surface area contributed by atoms with Crippen LogP contribution in [0.3, 0.4) is 0 Å². The van der Waals surface area contributed by atoms with Gasteiger partial charge in [0.1, 0.15) is 17.0 Å². The van der Waals surface area contributed by atoms with Gasteiger partial charge in [0.2, 0.25) is 0 Å². The summed E-state index contributed by atoms with van der Waals surface area (Å²) in [5, 5.41) is 4.81. The van der Waals surface area contributed by atoms with Gasteiger partial charge in [-0.1, -0.05) is 6.07 Å². The molecule has 1 fully saturated rings. The van der Waals surface area contributed by atoms with Gasteiger partial charge in [0.15, 0.2) is 6.10 Å². The molecule has 0 saturated carbocycles. The molecule has 5 rings (SSSR count). The average molecular weight is 490 g/mol. The van der Waals surface area contributed by atoms with Gasteiger partial charge in [-0.3, -0.25) is 14.6 Å². The van der Waals surface area contributed by atoms with Crippen molar-refractivity contribution in [2.45, 2.75) is 39.7 Å². The van der Waals surface area contributed by atoms with E-state index in [1.165, 1.54) is 10.4 Å². The molecule has 1 aliphatic heterocycles. The van der Waals surface area contributed by atoms with Gasteiger partial charge in [-0.2, -0.15) is 0 Å². The number of anilines is 2. The average Bonchev–Trinajstić information content (AvgIpc) is 3.17. The Bertz CT molecular complexity index is 1410. The number of amides is 1. The van der Waals surface area contributed by atoms with Crippen LogP contribution in [-0.2, 0) is 14.3 Å². The van der Waals surface area contributed by atoms with E-state index in [0.717, 1.165) is 26.9 Å². The van der Waals surface area contributed by atoms with E-state index in [2.05, 4.69) is 39.0 Å². The Hall–Kier alpha value is -3.59. The zero-order valence-electron chi connectivity index (χ0n) is 19.9. The van der Waals surface area contributed by atoms with E-state index in [1.807, 2.05) is 30.3 Å². The summed E-state index contributed by atoms with van der Waals surface area (Å²) in [6.45, 7) is 7.20. The van der Waals surface area contributed by atoms with Crippen LogP contribution in [0.25, 0.3) is 21.1 Å².